The number of nitrogens with two attached hydrogens (primary N) is 1. The molecule has 0 aliphatic carbocycles. The third-order valence-corrected chi connectivity index (χ3v) is 7.39. The van der Waals surface area contributed by atoms with Crippen LogP contribution in [0, 0.1) is 0 Å². The van der Waals surface area contributed by atoms with Crippen molar-refractivity contribution in [2.24, 2.45) is 5.73 Å². The molecule has 1 atom stereocenters. The molecule has 34 heavy (non-hydrogen) atoms. The minimum atomic E-state index is 0.182. The molecule has 2 N–H and O–H groups in total. The molecular formula is C33H53N. The van der Waals surface area contributed by atoms with E-state index in [2.05, 4.69) is 67.6 Å². The molecule has 2 rings (SSSR count). The SMILES string of the molecule is CCCCCCCCCCCCCCCCCCCC(N)C(c1ccccc1)c1ccccc1. The Labute approximate surface area is 211 Å². The first-order chi connectivity index (χ1) is 16.8. The van der Waals surface area contributed by atoms with Crippen LogP contribution in [0.4, 0.5) is 0 Å². The summed E-state index contributed by atoms with van der Waals surface area (Å²) in [5, 5.41) is 0. The quantitative estimate of drug-likeness (QED) is 0.183. The van der Waals surface area contributed by atoms with Gasteiger partial charge in [0.25, 0.3) is 0 Å². The van der Waals surface area contributed by atoms with Gasteiger partial charge in [-0.05, 0) is 17.5 Å². The van der Waals surface area contributed by atoms with Gasteiger partial charge >= 0.3 is 0 Å². The van der Waals surface area contributed by atoms with Crippen molar-refractivity contribution in [2.75, 3.05) is 0 Å². The van der Waals surface area contributed by atoms with Gasteiger partial charge in [0.05, 0.1) is 0 Å². The third-order valence-electron chi connectivity index (χ3n) is 7.39. The molecule has 2 aromatic carbocycles. The normalized spacial score (nSPS) is 12.3. The van der Waals surface area contributed by atoms with Crippen molar-refractivity contribution in [3.05, 3.63) is 71.8 Å². The van der Waals surface area contributed by atoms with Crippen LogP contribution in [-0.2, 0) is 0 Å². The lowest BCUT2D eigenvalue weighted by atomic mass is 9.83. The van der Waals surface area contributed by atoms with Crippen LogP contribution in [0.25, 0.3) is 0 Å². The van der Waals surface area contributed by atoms with Gasteiger partial charge in [-0.25, -0.2) is 0 Å². The summed E-state index contributed by atoms with van der Waals surface area (Å²) >= 11 is 0. The molecule has 1 unspecified atom stereocenters. The first kappa shape index (κ1) is 28.6. The fraction of sp³-hybridized carbons (Fsp3) is 0.636. The molecule has 0 radical (unpaired) electrons. The molecule has 0 amide bonds. The molecule has 0 heterocycles. The van der Waals surface area contributed by atoms with Crippen molar-refractivity contribution in [3.63, 3.8) is 0 Å². The second kappa shape index (κ2) is 19.7. The highest BCUT2D eigenvalue weighted by Gasteiger charge is 2.21. The Morgan fingerprint density at radius 2 is 0.794 bits per heavy atom. The molecule has 0 saturated carbocycles. The minimum absolute atomic E-state index is 0.182. The van der Waals surface area contributed by atoms with Crippen LogP contribution in [0.1, 0.15) is 140 Å². The van der Waals surface area contributed by atoms with E-state index in [0.29, 0.717) is 5.92 Å². The zero-order chi connectivity index (χ0) is 24.1. The molecule has 0 aliphatic rings. The van der Waals surface area contributed by atoms with Crippen LogP contribution in [0.2, 0.25) is 0 Å². The van der Waals surface area contributed by atoms with Crippen LogP contribution < -0.4 is 5.73 Å². The van der Waals surface area contributed by atoms with E-state index in [-0.39, 0.29) is 6.04 Å². The Morgan fingerprint density at radius 1 is 0.471 bits per heavy atom. The van der Waals surface area contributed by atoms with Crippen molar-refractivity contribution < 1.29 is 0 Å². The fourth-order valence-corrected chi connectivity index (χ4v) is 5.28. The van der Waals surface area contributed by atoms with Crippen LogP contribution in [0.5, 0.6) is 0 Å². The standard InChI is InChI=1S/C33H53N/c1-2-3-4-5-6-7-8-9-10-11-12-13-14-15-16-17-24-29-32(34)33(30-25-20-18-21-26-30)31-27-22-19-23-28-31/h18-23,25-28,32-33H,2-17,24,29,34H2,1H3. The highest BCUT2D eigenvalue weighted by molar-refractivity contribution is 5.34. The van der Waals surface area contributed by atoms with E-state index in [0.717, 1.165) is 6.42 Å². The van der Waals surface area contributed by atoms with Gasteiger partial charge in [0, 0.05) is 12.0 Å². The van der Waals surface area contributed by atoms with Crippen molar-refractivity contribution in [2.45, 2.75) is 134 Å². The van der Waals surface area contributed by atoms with Crippen molar-refractivity contribution in [1.82, 2.24) is 0 Å². The lowest BCUT2D eigenvalue weighted by molar-refractivity contribution is 0.493. The van der Waals surface area contributed by atoms with Gasteiger partial charge in [0.1, 0.15) is 0 Å². The number of benzene rings is 2. The zero-order valence-corrected chi connectivity index (χ0v) is 22.2. The predicted octanol–water partition coefficient (Wildman–Crippen LogP) is 10.2. The second-order valence-electron chi connectivity index (χ2n) is 10.4. The highest BCUT2D eigenvalue weighted by Crippen LogP contribution is 2.29. The molecule has 0 spiro atoms. The Kier molecular flexibility index (Phi) is 16.6. The van der Waals surface area contributed by atoms with Crippen molar-refractivity contribution in [3.8, 4) is 0 Å². The highest BCUT2D eigenvalue weighted by atomic mass is 14.6. The summed E-state index contributed by atoms with van der Waals surface area (Å²) in [5.41, 5.74) is 9.43. The topological polar surface area (TPSA) is 26.0 Å². The van der Waals surface area contributed by atoms with E-state index in [4.69, 9.17) is 5.73 Å². The number of unbranched alkanes of at least 4 members (excludes halogenated alkanes) is 16. The molecule has 0 saturated heterocycles. The van der Waals surface area contributed by atoms with Crippen LogP contribution in [0.3, 0.4) is 0 Å². The van der Waals surface area contributed by atoms with E-state index in [1.54, 1.807) is 0 Å². The summed E-state index contributed by atoms with van der Waals surface area (Å²) < 4.78 is 0. The maximum absolute atomic E-state index is 6.75. The Balaban J connectivity index is 1.47. The molecule has 2 aromatic rings. The van der Waals surface area contributed by atoms with Crippen molar-refractivity contribution in [1.29, 1.82) is 0 Å². The van der Waals surface area contributed by atoms with Crippen LogP contribution >= 0.6 is 0 Å². The average Bonchev–Trinajstić information content (AvgIpc) is 2.87. The van der Waals surface area contributed by atoms with Crippen LogP contribution in [-0.4, -0.2) is 6.04 Å². The van der Waals surface area contributed by atoms with Crippen LogP contribution in [0.15, 0.2) is 60.7 Å². The van der Waals surface area contributed by atoms with Gasteiger partial charge in [-0.2, -0.15) is 0 Å². The third kappa shape index (κ3) is 12.7. The summed E-state index contributed by atoms with van der Waals surface area (Å²) in [6.45, 7) is 2.30. The number of hydrogen-bond donors (Lipinski definition) is 1. The summed E-state index contributed by atoms with van der Waals surface area (Å²) in [7, 11) is 0. The first-order valence-electron chi connectivity index (χ1n) is 14.7. The summed E-state index contributed by atoms with van der Waals surface area (Å²) in [6.07, 6.45) is 25.2. The zero-order valence-electron chi connectivity index (χ0n) is 22.2. The Bertz CT molecular complexity index is 641. The fourth-order valence-electron chi connectivity index (χ4n) is 5.28. The van der Waals surface area contributed by atoms with E-state index in [9.17, 15) is 0 Å². The Hall–Kier alpha value is -1.60. The number of hydrogen-bond acceptors (Lipinski definition) is 1. The van der Waals surface area contributed by atoms with Gasteiger partial charge in [-0.3, -0.25) is 0 Å². The largest absolute Gasteiger partial charge is 0.327 e. The molecule has 1 heteroatoms. The summed E-state index contributed by atoms with van der Waals surface area (Å²) in [4.78, 5) is 0. The van der Waals surface area contributed by atoms with Crippen molar-refractivity contribution >= 4 is 0 Å². The molecule has 0 fully saturated rings. The molecule has 0 aromatic heterocycles. The molecule has 190 valence electrons. The minimum Gasteiger partial charge on any atom is -0.327 e. The molecular weight excluding hydrogens is 410 g/mol. The monoisotopic (exact) mass is 463 g/mol. The van der Waals surface area contributed by atoms with E-state index < -0.39 is 0 Å². The maximum Gasteiger partial charge on any atom is 0.0241 e. The number of rotatable bonds is 21. The molecule has 0 bridgehead atoms. The van der Waals surface area contributed by atoms with E-state index in [1.807, 2.05) is 0 Å². The smallest absolute Gasteiger partial charge is 0.0241 e. The second-order valence-corrected chi connectivity index (χ2v) is 10.4. The van der Waals surface area contributed by atoms with E-state index in [1.165, 1.54) is 120 Å². The lowest BCUT2D eigenvalue weighted by Gasteiger charge is -2.25. The van der Waals surface area contributed by atoms with E-state index >= 15 is 0 Å². The van der Waals surface area contributed by atoms with Gasteiger partial charge in [-0.1, -0.05) is 177 Å². The van der Waals surface area contributed by atoms with Gasteiger partial charge < -0.3 is 5.73 Å². The van der Waals surface area contributed by atoms with Gasteiger partial charge in [-0.15, -0.1) is 0 Å². The molecule has 1 nitrogen and oxygen atoms in total. The first-order valence-corrected chi connectivity index (χ1v) is 14.7. The van der Waals surface area contributed by atoms with Gasteiger partial charge in [0.2, 0.25) is 0 Å². The maximum atomic E-state index is 6.75. The lowest BCUT2D eigenvalue weighted by Crippen LogP contribution is -2.29. The van der Waals surface area contributed by atoms with Gasteiger partial charge in [0.15, 0.2) is 0 Å². The predicted molar refractivity (Wildman–Crippen MR) is 151 cm³/mol. The molecule has 0 aliphatic heterocycles. The Morgan fingerprint density at radius 3 is 1.15 bits per heavy atom. The summed E-state index contributed by atoms with van der Waals surface area (Å²) in [6, 6.07) is 21.8. The average molecular weight is 464 g/mol. The summed E-state index contributed by atoms with van der Waals surface area (Å²) in [5.74, 6) is 0.295.